The molecule has 0 fully saturated rings. The van der Waals surface area contributed by atoms with Crippen LogP contribution in [0.1, 0.15) is 31.8 Å². The molecule has 0 saturated carbocycles. The van der Waals surface area contributed by atoms with E-state index in [9.17, 15) is 19.7 Å². The summed E-state index contributed by atoms with van der Waals surface area (Å²) < 4.78 is 11.1. The highest BCUT2D eigenvalue weighted by Gasteiger charge is 2.18. The number of carbonyl (C=O) groups is 2. The van der Waals surface area contributed by atoms with Crippen LogP contribution in [0.5, 0.6) is 11.5 Å². The monoisotopic (exact) mass is 483 g/mol. The third-order valence-corrected chi connectivity index (χ3v) is 4.84. The molecule has 0 unspecified atom stereocenters. The van der Waals surface area contributed by atoms with Gasteiger partial charge in [0.25, 0.3) is 11.6 Å². The Morgan fingerprint density at radius 3 is 2.53 bits per heavy atom. The number of nitrogens with zero attached hydrogens (tertiary/aromatic N) is 2. The van der Waals surface area contributed by atoms with Crippen molar-refractivity contribution in [2.45, 2.75) is 6.61 Å². The van der Waals surface area contributed by atoms with Gasteiger partial charge < -0.3 is 14.6 Å². The first-order chi connectivity index (χ1) is 16.3. The molecule has 3 rings (SSSR count). The van der Waals surface area contributed by atoms with Gasteiger partial charge in [-0.05, 0) is 41.5 Å². The van der Waals surface area contributed by atoms with Crippen LogP contribution in [0.3, 0.4) is 0 Å². The Bertz CT molecular complexity index is 1260. The zero-order chi connectivity index (χ0) is 24.7. The first-order valence-corrected chi connectivity index (χ1v) is 10.1. The summed E-state index contributed by atoms with van der Waals surface area (Å²) in [4.78, 5) is 33.6. The van der Waals surface area contributed by atoms with Crippen LogP contribution in [0.4, 0.5) is 5.69 Å². The Hall–Kier alpha value is -4.44. The van der Waals surface area contributed by atoms with Crippen molar-refractivity contribution in [3.05, 3.63) is 98.1 Å². The summed E-state index contributed by atoms with van der Waals surface area (Å²) in [6.07, 6.45) is 1.30. The van der Waals surface area contributed by atoms with Crippen LogP contribution in [-0.4, -0.2) is 35.2 Å². The second-order valence-corrected chi connectivity index (χ2v) is 7.21. The summed E-state index contributed by atoms with van der Waals surface area (Å²) in [6.45, 7) is 0.120. The molecule has 3 aromatic carbocycles. The normalized spacial score (nSPS) is 10.6. The van der Waals surface area contributed by atoms with Gasteiger partial charge in [-0.1, -0.05) is 35.9 Å². The molecule has 3 aromatic rings. The third-order valence-electron chi connectivity index (χ3n) is 4.56. The van der Waals surface area contributed by atoms with Crippen molar-refractivity contribution in [3.8, 4) is 11.5 Å². The van der Waals surface area contributed by atoms with Crippen molar-refractivity contribution in [1.82, 2.24) is 5.43 Å². The van der Waals surface area contributed by atoms with E-state index in [1.165, 1.54) is 55.8 Å². The average molecular weight is 484 g/mol. The van der Waals surface area contributed by atoms with Crippen LogP contribution < -0.4 is 14.9 Å². The molecule has 0 aromatic heterocycles. The van der Waals surface area contributed by atoms with Crippen LogP contribution in [0.25, 0.3) is 0 Å². The number of carboxylic acids is 1. The minimum atomic E-state index is -1.02. The Morgan fingerprint density at radius 1 is 1.18 bits per heavy atom. The van der Waals surface area contributed by atoms with E-state index in [0.717, 1.165) is 5.56 Å². The fraction of sp³-hybridized carbons (Fsp3) is 0.0870. The minimum absolute atomic E-state index is 0.120. The van der Waals surface area contributed by atoms with Crippen LogP contribution in [0.15, 0.2) is 65.8 Å². The number of ether oxygens (including phenoxy) is 2. The fourth-order valence-electron chi connectivity index (χ4n) is 2.90. The molecule has 2 N–H and O–H groups in total. The average Bonchev–Trinajstić information content (AvgIpc) is 2.83. The summed E-state index contributed by atoms with van der Waals surface area (Å²) in [5, 5.41) is 24.1. The minimum Gasteiger partial charge on any atom is -0.493 e. The second kappa shape index (κ2) is 10.9. The van der Waals surface area contributed by atoms with Crippen molar-refractivity contribution in [3.63, 3.8) is 0 Å². The van der Waals surface area contributed by atoms with Gasteiger partial charge in [-0.3, -0.25) is 14.9 Å². The van der Waals surface area contributed by atoms with Crippen LogP contribution in [-0.2, 0) is 6.61 Å². The predicted molar refractivity (Wildman–Crippen MR) is 124 cm³/mol. The maximum Gasteiger partial charge on any atom is 0.335 e. The standard InChI is InChI=1S/C23H18ClN3O7/c1-33-20-11-15(12-25-26-22(28)17-4-2-3-5-19(17)27(31)32)10-18(24)21(20)34-13-14-6-8-16(9-7-14)23(29)30/h2-12H,13H2,1H3,(H,26,28)(H,29,30)/b25-12+. The number of amides is 1. The highest BCUT2D eigenvalue weighted by atomic mass is 35.5. The highest BCUT2D eigenvalue weighted by molar-refractivity contribution is 6.32. The lowest BCUT2D eigenvalue weighted by atomic mass is 10.1. The van der Waals surface area contributed by atoms with Gasteiger partial charge in [-0.15, -0.1) is 0 Å². The quantitative estimate of drug-likeness (QED) is 0.262. The summed E-state index contributed by atoms with van der Waals surface area (Å²) in [6, 6.07) is 14.8. The number of nitro benzene ring substituents is 1. The molecule has 0 radical (unpaired) electrons. The number of carbonyl (C=O) groups excluding carboxylic acids is 1. The van der Waals surface area contributed by atoms with Gasteiger partial charge in [0, 0.05) is 6.07 Å². The molecule has 0 spiro atoms. The van der Waals surface area contributed by atoms with E-state index in [-0.39, 0.29) is 34.2 Å². The SMILES string of the molecule is COc1cc(/C=N/NC(=O)c2ccccc2[N+](=O)[O-])cc(Cl)c1OCc1ccc(C(=O)O)cc1. The Labute approximate surface area is 198 Å². The smallest absolute Gasteiger partial charge is 0.335 e. The predicted octanol–water partition coefficient (Wildman–Crippen LogP) is 4.30. The molecule has 10 nitrogen and oxygen atoms in total. The fourth-order valence-corrected chi connectivity index (χ4v) is 3.18. The summed E-state index contributed by atoms with van der Waals surface area (Å²) in [5.41, 5.74) is 3.15. The number of halogens is 1. The number of para-hydroxylation sites is 1. The number of hydrogen-bond donors (Lipinski definition) is 2. The van der Waals surface area contributed by atoms with Gasteiger partial charge in [0.15, 0.2) is 11.5 Å². The molecule has 34 heavy (non-hydrogen) atoms. The van der Waals surface area contributed by atoms with E-state index < -0.39 is 16.8 Å². The maximum absolute atomic E-state index is 12.2. The number of nitrogens with one attached hydrogen (secondary N) is 1. The summed E-state index contributed by atoms with van der Waals surface area (Å²) in [5.74, 6) is -1.18. The van der Waals surface area contributed by atoms with E-state index in [1.807, 2.05) is 0 Å². The van der Waals surface area contributed by atoms with E-state index >= 15 is 0 Å². The molecule has 11 heteroatoms. The van der Waals surface area contributed by atoms with Gasteiger partial charge in [-0.25, -0.2) is 10.2 Å². The van der Waals surface area contributed by atoms with Crippen LogP contribution in [0, 0.1) is 10.1 Å². The molecule has 0 saturated heterocycles. The third kappa shape index (κ3) is 5.87. The topological polar surface area (TPSA) is 140 Å². The number of aromatic carboxylic acids is 1. The molecule has 0 aliphatic heterocycles. The first-order valence-electron chi connectivity index (χ1n) is 9.69. The van der Waals surface area contributed by atoms with E-state index in [2.05, 4.69) is 10.5 Å². The van der Waals surface area contributed by atoms with Crippen LogP contribution >= 0.6 is 11.6 Å². The number of hydrazone groups is 1. The molecule has 174 valence electrons. The lowest BCUT2D eigenvalue weighted by molar-refractivity contribution is -0.385. The van der Waals surface area contributed by atoms with Crippen molar-refractivity contribution in [2.24, 2.45) is 5.10 Å². The van der Waals surface area contributed by atoms with Gasteiger partial charge in [0.1, 0.15) is 12.2 Å². The second-order valence-electron chi connectivity index (χ2n) is 6.80. The number of methoxy groups -OCH3 is 1. The first kappa shape index (κ1) is 24.2. The van der Waals surface area contributed by atoms with Crippen molar-refractivity contribution in [1.29, 1.82) is 0 Å². The Morgan fingerprint density at radius 2 is 1.88 bits per heavy atom. The molecular weight excluding hydrogens is 466 g/mol. The zero-order valence-corrected chi connectivity index (χ0v) is 18.5. The molecule has 0 atom stereocenters. The molecule has 0 heterocycles. The number of rotatable bonds is 9. The van der Waals surface area contributed by atoms with Gasteiger partial charge in [-0.2, -0.15) is 5.10 Å². The molecule has 0 aliphatic carbocycles. The molecular formula is C23H18ClN3O7. The van der Waals surface area contributed by atoms with Crippen LogP contribution in [0.2, 0.25) is 5.02 Å². The van der Waals surface area contributed by atoms with Gasteiger partial charge in [0.05, 0.1) is 28.8 Å². The van der Waals surface area contributed by atoms with E-state index in [0.29, 0.717) is 11.3 Å². The Balaban J connectivity index is 1.70. The van der Waals surface area contributed by atoms with Crippen molar-refractivity contribution >= 4 is 35.4 Å². The molecule has 0 bridgehead atoms. The maximum atomic E-state index is 12.2. The molecule has 1 amide bonds. The van der Waals surface area contributed by atoms with Gasteiger partial charge in [0.2, 0.25) is 0 Å². The summed E-state index contributed by atoms with van der Waals surface area (Å²) in [7, 11) is 1.43. The van der Waals surface area contributed by atoms with Crippen molar-refractivity contribution in [2.75, 3.05) is 7.11 Å². The number of hydrogen-bond acceptors (Lipinski definition) is 7. The highest BCUT2D eigenvalue weighted by Crippen LogP contribution is 2.36. The zero-order valence-electron chi connectivity index (χ0n) is 17.7. The van der Waals surface area contributed by atoms with E-state index in [4.69, 9.17) is 26.2 Å². The molecule has 0 aliphatic rings. The number of nitro groups is 1. The van der Waals surface area contributed by atoms with Gasteiger partial charge >= 0.3 is 5.97 Å². The largest absolute Gasteiger partial charge is 0.493 e. The lowest BCUT2D eigenvalue weighted by Gasteiger charge is -2.13. The summed E-state index contributed by atoms with van der Waals surface area (Å²) >= 11 is 6.33. The van der Waals surface area contributed by atoms with E-state index in [1.54, 1.807) is 18.2 Å². The lowest BCUT2D eigenvalue weighted by Crippen LogP contribution is -2.18. The Kier molecular flexibility index (Phi) is 7.78. The number of benzene rings is 3. The number of carboxylic acid groups (broad SMARTS) is 1. The van der Waals surface area contributed by atoms with Crippen molar-refractivity contribution < 1.29 is 29.1 Å².